The second-order valence-corrected chi connectivity index (χ2v) is 6.96. The fourth-order valence-corrected chi connectivity index (χ4v) is 3.55. The van der Waals surface area contributed by atoms with E-state index in [4.69, 9.17) is 0 Å². The van der Waals surface area contributed by atoms with Crippen LogP contribution in [-0.2, 0) is 0 Å². The Morgan fingerprint density at radius 2 is 2.00 bits per heavy atom. The minimum Gasteiger partial charge on any atom is -0.507 e. The molecule has 3 aromatic rings. The van der Waals surface area contributed by atoms with Gasteiger partial charge in [-0.15, -0.1) is 0 Å². The number of para-hydroxylation sites is 1. The molecular weight excluding hydrogens is 379 g/mol. The molecule has 1 aromatic heterocycles. The van der Waals surface area contributed by atoms with Crippen LogP contribution in [0.25, 0.3) is 22.3 Å². The summed E-state index contributed by atoms with van der Waals surface area (Å²) in [4.78, 5) is 21.5. The molecule has 0 radical (unpaired) electrons. The number of fused-ring (bicyclic) bond motifs is 1. The van der Waals surface area contributed by atoms with Crippen molar-refractivity contribution in [2.24, 2.45) is 5.92 Å². The number of nitrogens with zero attached hydrogens (tertiary/aromatic N) is 3. The van der Waals surface area contributed by atoms with Gasteiger partial charge in [0.15, 0.2) is 5.82 Å². The second kappa shape index (κ2) is 7.51. The molecule has 0 bridgehead atoms. The highest BCUT2D eigenvalue weighted by Gasteiger charge is 2.35. The zero-order valence-electron chi connectivity index (χ0n) is 15.3. The molecule has 0 unspecified atom stereocenters. The third-order valence-electron chi connectivity index (χ3n) is 5.07. The Balaban J connectivity index is 1.77. The number of likely N-dealkylation sites (tertiary alicyclic amines) is 1. The van der Waals surface area contributed by atoms with Crippen LogP contribution in [0, 0.1) is 11.7 Å². The lowest BCUT2D eigenvalue weighted by molar-refractivity contribution is 0.150. The summed E-state index contributed by atoms with van der Waals surface area (Å²) in [5.41, 5.74) is 0.730. The van der Waals surface area contributed by atoms with Gasteiger partial charge in [-0.1, -0.05) is 12.1 Å². The van der Waals surface area contributed by atoms with Gasteiger partial charge in [0.05, 0.1) is 17.1 Å². The average Bonchev–Trinajstić information content (AvgIpc) is 3.13. The summed E-state index contributed by atoms with van der Waals surface area (Å²) < 4.78 is 13.7. The predicted octanol–water partition coefficient (Wildman–Crippen LogP) is 2.52. The van der Waals surface area contributed by atoms with Crippen LogP contribution in [0.3, 0.4) is 0 Å². The van der Waals surface area contributed by atoms with Crippen molar-refractivity contribution < 1.29 is 24.5 Å². The predicted molar refractivity (Wildman–Crippen MR) is 104 cm³/mol. The van der Waals surface area contributed by atoms with E-state index in [1.165, 1.54) is 11.0 Å². The molecule has 4 rings (SSSR count). The number of carboxylic acid groups (broad SMARTS) is 1. The highest BCUT2D eigenvalue weighted by molar-refractivity contribution is 5.91. The molecular formula is C20H19FN4O4. The summed E-state index contributed by atoms with van der Waals surface area (Å²) in [6, 6.07) is 10.4. The van der Waals surface area contributed by atoms with E-state index in [2.05, 4.69) is 15.3 Å². The maximum atomic E-state index is 13.7. The minimum absolute atomic E-state index is 0.136. The smallest absolute Gasteiger partial charge is 0.407 e. The molecule has 0 aliphatic carbocycles. The number of aromatic nitrogens is 2. The van der Waals surface area contributed by atoms with Crippen LogP contribution in [0.1, 0.15) is 0 Å². The van der Waals surface area contributed by atoms with Gasteiger partial charge >= 0.3 is 6.09 Å². The number of phenols is 1. The number of phenolic OH excluding ortho intramolecular Hbond substituents is 1. The maximum Gasteiger partial charge on any atom is 0.407 e. The minimum atomic E-state index is -1.05. The molecule has 2 atom stereocenters. The number of amides is 1. The van der Waals surface area contributed by atoms with Gasteiger partial charge in [0.25, 0.3) is 0 Å². The Kier molecular flexibility index (Phi) is 4.89. The summed E-state index contributed by atoms with van der Waals surface area (Å²) in [5, 5.41) is 33.0. The molecule has 2 heterocycles. The summed E-state index contributed by atoms with van der Waals surface area (Å²) in [6.07, 6.45) is -1.05. The highest BCUT2D eigenvalue weighted by Crippen LogP contribution is 2.32. The van der Waals surface area contributed by atoms with Gasteiger partial charge in [-0.2, -0.15) is 0 Å². The van der Waals surface area contributed by atoms with Crippen LogP contribution in [0.5, 0.6) is 5.75 Å². The van der Waals surface area contributed by atoms with Gasteiger partial charge in [-0.3, -0.25) is 0 Å². The Morgan fingerprint density at radius 1 is 1.21 bits per heavy atom. The van der Waals surface area contributed by atoms with Crippen LogP contribution < -0.4 is 5.32 Å². The van der Waals surface area contributed by atoms with E-state index in [0.717, 1.165) is 12.1 Å². The fourth-order valence-electron chi connectivity index (χ4n) is 3.55. The largest absolute Gasteiger partial charge is 0.507 e. The van der Waals surface area contributed by atoms with Crippen molar-refractivity contribution in [3.63, 3.8) is 0 Å². The van der Waals surface area contributed by atoms with Crippen molar-refractivity contribution >= 4 is 22.8 Å². The van der Waals surface area contributed by atoms with Crippen molar-refractivity contribution in [1.82, 2.24) is 14.9 Å². The van der Waals surface area contributed by atoms with Crippen LogP contribution in [0.4, 0.5) is 15.0 Å². The van der Waals surface area contributed by atoms with Gasteiger partial charge in [-0.25, -0.2) is 19.2 Å². The first kappa shape index (κ1) is 18.9. The van der Waals surface area contributed by atoms with E-state index in [1.807, 2.05) is 12.1 Å². The molecule has 29 heavy (non-hydrogen) atoms. The van der Waals surface area contributed by atoms with E-state index in [1.54, 1.807) is 12.1 Å². The van der Waals surface area contributed by atoms with Gasteiger partial charge in [0, 0.05) is 31.0 Å². The van der Waals surface area contributed by atoms with Crippen molar-refractivity contribution in [3.8, 4) is 17.1 Å². The first-order valence-corrected chi connectivity index (χ1v) is 9.07. The van der Waals surface area contributed by atoms with E-state index in [-0.39, 0.29) is 48.8 Å². The summed E-state index contributed by atoms with van der Waals surface area (Å²) >= 11 is 0. The number of halogens is 1. The molecule has 1 saturated heterocycles. The van der Waals surface area contributed by atoms with Gasteiger partial charge < -0.3 is 25.5 Å². The zero-order valence-corrected chi connectivity index (χ0v) is 15.3. The first-order valence-electron chi connectivity index (χ1n) is 9.07. The number of hydrogen-bond acceptors (Lipinski definition) is 6. The standard InChI is InChI=1S/C20H19FN4O4/c21-12-5-6-17(27)14(7-12)19-22-15-4-2-1-3-13(15)18(24-19)23-16-9-25(20(28)29)8-11(16)10-26/h1-7,11,16,26-27H,8-10H2,(H,28,29)(H,22,23,24)/t11-,16+/m0/s1. The number of aromatic hydroxyl groups is 1. The molecule has 1 aliphatic rings. The van der Waals surface area contributed by atoms with Crippen molar-refractivity contribution in [2.45, 2.75) is 6.04 Å². The summed E-state index contributed by atoms with van der Waals surface area (Å²) in [5.74, 6) is -0.427. The normalized spacial score (nSPS) is 18.9. The van der Waals surface area contributed by atoms with Gasteiger partial charge in [0.2, 0.25) is 0 Å². The molecule has 1 amide bonds. The average molecular weight is 398 g/mol. The summed E-state index contributed by atoms with van der Waals surface area (Å²) in [6.45, 7) is 0.228. The lowest BCUT2D eigenvalue weighted by atomic mass is 10.0. The highest BCUT2D eigenvalue weighted by atomic mass is 19.1. The van der Waals surface area contributed by atoms with Gasteiger partial charge in [-0.05, 0) is 30.3 Å². The van der Waals surface area contributed by atoms with Crippen LogP contribution in [0.2, 0.25) is 0 Å². The van der Waals surface area contributed by atoms with Crippen molar-refractivity contribution in [2.75, 3.05) is 25.0 Å². The van der Waals surface area contributed by atoms with E-state index < -0.39 is 11.9 Å². The number of aliphatic hydroxyl groups excluding tert-OH is 1. The Morgan fingerprint density at radius 3 is 2.76 bits per heavy atom. The SMILES string of the molecule is O=C(O)N1C[C@@H](CO)[C@H](Nc2nc(-c3cc(F)ccc3O)nc3ccccc23)C1. The molecule has 1 aliphatic heterocycles. The molecule has 8 nitrogen and oxygen atoms in total. The van der Waals surface area contributed by atoms with Crippen molar-refractivity contribution in [1.29, 1.82) is 0 Å². The lowest BCUT2D eigenvalue weighted by Gasteiger charge is -2.20. The maximum absolute atomic E-state index is 13.7. The Labute approximate surface area is 165 Å². The van der Waals surface area contributed by atoms with Crippen LogP contribution in [-0.4, -0.2) is 62.0 Å². The van der Waals surface area contributed by atoms with E-state index in [0.29, 0.717) is 16.7 Å². The van der Waals surface area contributed by atoms with Crippen LogP contribution >= 0.6 is 0 Å². The number of hydrogen-bond donors (Lipinski definition) is 4. The first-order chi connectivity index (χ1) is 14.0. The quantitative estimate of drug-likeness (QED) is 0.533. The second-order valence-electron chi connectivity index (χ2n) is 6.96. The Hall–Kier alpha value is -3.46. The zero-order chi connectivity index (χ0) is 20.5. The monoisotopic (exact) mass is 398 g/mol. The lowest BCUT2D eigenvalue weighted by Crippen LogP contribution is -2.32. The van der Waals surface area contributed by atoms with Gasteiger partial charge in [0.1, 0.15) is 17.4 Å². The summed E-state index contributed by atoms with van der Waals surface area (Å²) in [7, 11) is 0. The number of carbonyl (C=O) groups is 1. The number of rotatable bonds is 4. The molecule has 0 saturated carbocycles. The number of aliphatic hydroxyl groups is 1. The molecule has 150 valence electrons. The van der Waals surface area contributed by atoms with Crippen molar-refractivity contribution in [3.05, 3.63) is 48.3 Å². The van der Waals surface area contributed by atoms with E-state index >= 15 is 0 Å². The third-order valence-corrected chi connectivity index (χ3v) is 5.07. The van der Waals surface area contributed by atoms with E-state index in [9.17, 15) is 24.5 Å². The molecule has 1 fully saturated rings. The molecule has 2 aromatic carbocycles. The molecule has 9 heteroatoms. The topological polar surface area (TPSA) is 119 Å². The Bertz CT molecular complexity index is 1080. The van der Waals surface area contributed by atoms with Crippen LogP contribution in [0.15, 0.2) is 42.5 Å². The number of anilines is 1. The third kappa shape index (κ3) is 3.64. The molecule has 0 spiro atoms. The fraction of sp³-hybridized carbons (Fsp3) is 0.250. The number of nitrogens with one attached hydrogen (secondary N) is 1. The molecule has 4 N–H and O–H groups in total. The number of benzene rings is 2.